The smallest absolute Gasteiger partial charge is 0.346 e. The van der Waals surface area contributed by atoms with E-state index in [0.29, 0.717) is 24.3 Å². The Hall–Kier alpha value is -1.07. The summed E-state index contributed by atoms with van der Waals surface area (Å²) < 4.78 is 85.3. The van der Waals surface area contributed by atoms with Crippen LogP contribution in [0.15, 0.2) is 52.4 Å². The fraction of sp³-hybridized carbons (Fsp3) is 0.600. The molecule has 0 saturated carbocycles. The van der Waals surface area contributed by atoms with E-state index in [2.05, 4.69) is 17.9 Å². The largest absolute Gasteiger partial charge is 0.490 e. The number of nitrogens with zero attached hydrogens (tertiary/aromatic N) is 2. The van der Waals surface area contributed by atoms with Gasteiger partial charge in [-0.3, -0.25) is 13.7 Å². The lowest BCUT2D eigenvalue weighted by Gasteiger charge is -2.23. The van der Waals surface area contributed by atoms with E-state index in [1.165, 1.54) is 22.5 Å². The van der Waals surface area contributed by atoms with Crippen LogP contribution in [0.5, 0.6) is 0 Å². The van der Waals surface area contributed by atoms with E-state index >= 15 is 0 Å². The molecule has 3 heterocycles. The Morgan fingerprint density at radius 2 is 1.54 bits per heavy atom. The lowest BCUT2D eigenvalue weighted by atomic mass is 10.1. The molecular weight excluding hydrogens is 740 g/mol. The molecule has 2 aromatic rings. The average molecular weight is 779 g/mol. The van der Waals surface area contributed by atoms with Gasteiger partial charge in [-0.2, -0.15) is 13.6 Å². The van der Waals surface area contributed by atoms with Crippen LogP contribution in [0.1, 0.15) is 51.3 Å². The highest BCUT2D eigenvalue weighted by molar-refractivity contribution is 7.99. The maximum atomic E-state index is 13.0. The van der Waals surface area contributed by atoms with Gasteiger partial charge in [0.1, 0.15) is 23.3 Å². The van der Waals surface area contributed by atoms with Gasteiger partial charge in [0.15, 0.2) is 12.5 Å². The van der Waals surface area contributed by atoms with E-state index in [1.807, 2.05) is 37.3 Å². The molecule has 0 aliphatic carbocycles. The van der Waals surface area contributed by atoms with Crippen LogP contribution < -0.4 is 5.69 Å². The maximum absolute atomic E-state index is 13.0. The Balaban J connectivity index is 1.44. The molecule has 270 valence electrons. The van der Waals surface area contributed by atoms with E-state index < -0.39 is 80.4 Å². The number of unbranched alkanes of at least 4 members (excludes halogenated alkanes) is 1. The van der Waals surface area contributed by atoms with Crippen LogP contribution in [0.25, 0.3) is 0 Å². The number of phosphoric ester groups is 1. The van der Waals surface area contributed by atoms with Gasteiger partial charge in [0.25, 0.3) is 0 Å². The monoisotopic (exact) mass is 778 g/mol. The molecule has 6 unspecified atom stereocenters. The summed E-state index contributed by atoms with van der Waals surface area (Å²) in [6.07, 6.45) is -1.63. The third kappa shape index (κ3) is 11.7. The first-order valence-corrected chi connectivity index (χ1v) is 22.1. The molecule has 4 rings (SSSR count). The summed E-state index contributed by atoms with van der Waals surface area (Å²) in [4.78, 5) is 56.5. The van der Waals surface area contributed by atoms with Crippen molar-refractivity contribution in [2.45, 2.75) is 81.8 Å². The van der Waals surface area contributed by atoms with Gasteiger partial charge in [0.2, 0.25) is 0 Å². The minimum Gasteiger partial charge on any atom is -0.346 e. The Morgan fingerprint density at radius 3 is 2.21 bits per heavy atom. The molecule has 0 amide bonds. The molecule has 0 radical (unpaired) electrons. The SMILES string of the molecule is CCCCP(=O)(O)OP(=O)(O)OP(=O)(O)OP(=O)(O)OC[C@H]1O[C@@H](n2ccc(SCCC)nc2=O)[C@H]2OC(CCc3ccccc3)OC12. The van der Waals surface area contributed by atoms with Gasteiger partial charge in [-0.25, -0.2) is 22.8 Å². The molecule has 9 atom stereocenters. The maximum Gasteiger partial charge on any atom is 0.490 e. The van der Waals surface area contributed by atoms with Crippen molar-refractivity contribution in [3.05, 3.63) is 58.6 Å². The molecule has 2 aliphatic rings. The molecule has 18 nitrogen and oxygen atoms in total. The molecule has 2 aliphatic heterocycles. The number of rotatable bonds is 19. The predicted molar refractivity (Wildman–Crippen MR) is 170 cm³/mol. The van der Waals surface area contributed by atoms with Crippen molar-refractivity contribution in [1.29, 1.82) is 0 Å². The lowest BCUT2D eigenvalue weighted by molar-refractivity contribution is -0.153. The van der Waals surface area contributed by atoms with Gasteiger partial charge in [-0.15, -0.1) is 11.8 Å². The number of ether oxygens (including phenoxy) is 3. The van der Waals surface area contributed by atoms with Crippen molar-refractivity contribution >= 4 is 42.8 Å². The Kier molecular flexibility index (Phi) is 14.0. The van der Waals surface area contributed by atoms with Crippen LogP contribution in [-0.2, 0) is 56.3 Å². The number of phosphoric acid groups is 3. The average Bonchev–Trinajstić information content (AvgIpc) is 3.55. The first-order valence-electron chi connectivity index (χ1n) is 14.8. The van der Waals surface area contributed by atoms with Crippen LogP contribution in [0.3, 0.4) is 0 Å². The number of aromatic nitrogens is 2. The molecule has 23 heteroatoms. The minimum absolute atomic E-state index is 0.115. The summed E-state index contributed by atoms with van der Waals surface area (Å²) in [5.74, 6) is 0.750. The van der Waals surface area contributed by atoms with E-state index in [9.17, 15) is 42.6 Å². The van der Waals surface area contributed by atoms with Crippen LogP contribution >= 0.6 is 42.8 Å². The molecule has 4 N–H and O–H groups in total. The normalized spacial score (nSPS) is 27.4. The van der Waals surface area contributed by atoms with Crippen LogP contribution in [0.2, 0.25) is 0 Å². The van der Waals surface area contributed by atoms with Crippen molar-refractivity contribution in [2.75, 3.05) is 18.5 Å². The fourth-order valence-corrected chi connectivity index (χ4v) is 11.2. The van der Waals surface area contributed by atoms with Crippen molar-refractivity contribution in [1.82, 2.24) is 9.55 Å². The summed E-state index contributed by atoms with van der Waals surface area (Å²) in [6.45, 7) is 2.84. The zero-order valence-corrected chi connectivity index (χ0v) is 30.3. The number of hydrogen-bond acceptors (Lipinski definition) is 14. The molecule has 0 spiro atoms. The third-order valence-corrected chi connectivity index (χ3v) is 14.4. The van der Waals surface area contributed by atoms with Crippen molar-refractivity contribution in [3.63, 3.8) is 0 Å². The predicted octanol–water partition coefficient (Wildman–Crippen LogP) is 4.74. The van der Waals surface area contributed by atoms with E-state index in [-0.39, 0.29) is 6.42 Å². The van der Waals surface area contributed by atoms with E-state index in [0.717, 1.165) is 17.7 Å². The lowest BCUT2D eigenvalue weighted by Crippen LogP contribution is -2.34. The van der Waals surface area contributed by atoms with Crippen LogP contribution in [0, 0.1) is 0 Å². The zero-order chi connectivity index (χ0) is 35.2. The van der Waals surface area contributed by atoms with Gasteiger partial charge in [-0.05, 0) is 36.6 Å². The first-order chi connectivity index (χ1) is 22.5. The molecule has 2 saturated heterocycles. The van der Waals surface area contributed by atoms with E-state index in [1.54, 1.807) is 13.0 Å². The third-order valence-electron chi connectivity index (χ3n) is 6.79. The van der Waals surface area contributed by atoms with Gasteiger partial charge in [0, 0.05) is 12.6 Å². The molecular formula is C25H38N2O16P4S. The Bertz CT molecular complexity index is 1630. The van der Waals surface area contributed by atoms with Crippen molar-refractivity contribution in [2.24, 2.45) is 0 Å². The highest BCUT2D eigenvalue weighted by Gasteiger charge is 2.54. The summed E-state index contributed by atoms with van der Waals surface area (Å²) in [5.41, 5.74) is 0.370. The fourth-order valence-electron chi connectivity index (χ4n) is 4.74. The molecule has 48 heavy (non-hydrogen) atoms. The topological polar surface area (TPSA) is 249 Å². The quantitative estimate of drug-likeness (QED) is 0.0854. The summed E-state index contributed by atoms with van der Waals surface area (Å²) >= 11 is 1.40. The second-order valence-corrected chi connectivity index (χ2v) is 18.6. The number of hydrogen-bond donors (Lipinski definition) is 4. The molecule has 1 aromatic carbocycles. The van der Waals surface area contributed by atoms with Crippen molar-refractivity contribution < 1.29 is 69.5 Å². The molecule has 0 bridgehead atoms. The van der Waals surface area contributed by atoms with Gasteiger partial charge in [-0.1, -0.05) is 50.6 Å². The second kappa shape index (κ2) is 17.0. The summed E-state index contributed by atoms with van der Waals surface area (Å²) in [5, 5.41) is 0.506. The Morgan fingerprint density at radius 1 is 0.875 bits per heavy atom. The van der Waals surface area contributed by atoms with Gasteiger partial charge in [0.05, 0.1) is 12.8 Å². The minimum atomic E-state index is -5.92. The first kappa shape index (κ1) is 39.7. The van der Waals surface area contributed by atoms with Crippen LogP contribution in [-0.4, -0.2) is 72.2 Å². The van der Waals surface area contributed by atoms with E-state index in [4.69, 9.17) is 18.7 Å². The van der Waals surface area contributed by atoms with Crippen molar-refractivity contribution in [3.8, 4) is 0 Å². The summed E-state index contributed by atoms with van der Waals surface area (Å²) in [7, 11) is -22.0. The number of aryl methyl sites for hydroxylation is 1. The molecule has 1 aromatic heterocycles. The number of thioether (sulfide) groups is 1. The second-order valence-electron chi connectivity index (χ2n) is 10.7. The number of benzene rings is 1. The van der Waals surface area contributed by atoms with Gasteiger partial charge < -0.3 is 33.8 Å². The Labute approximate surface area is 280 Å². The number of fused-ring (bicyclic) bond motifs is 1. The standard InChI is InChI=1S/C25H38N2O16P4S/c1-3-5-15-44(29,30)41-46(33,34)43-47(35,36)42-45(31,32)37-17-19-22-23(40-21(39-22)12-11-18-9-7-6-8-10-18)24(38-19)27-14-13-20(26-25(27)28)48-16-4-2/h6-10,13-14,19,21-24H,3-5,11-12,15-17H2,1-2H3,(H,29,30)(H,31,32)(H,33,34)(H,35,36)/t19-,21?,22?,23+,24-/m1/s1. The zero-order valence-electron chi connectivity index (χ0n) is 25.9. The molecule has 2 fully saturated rings. The summed E-state index contributed by atoms with van der Waals surface area (Å²) in [6, 6.07) is 11.1. The highest BCUT2D eigenvalue weighted by atomic mass is 32.2. The highest BCUT2D eigenvalue weighted by Crippen LogP contribution is 2.71. The van der Waals surface area contributed by atoms with Crippen LogP contribution in [0.4, 0.5) is 0 Å². The van der Waals surface area contributed by atoms with Gasteiger partial charge >= 0.3 is 36.8 Å².